The van der Waals surface area contributed by atoms with Gasteiger partial charge in [-0.05, 0) is 59.3 Å². The minimum Gasteiger partial charge on any atom is -0.0625 e. The third kappa shape index (κ3) is 2.41. The summed E-state index contributed by atoms with van der Waals surface area (Å²) in [5.41, 5.74) is 6.83. The summed E-state index contributed by atoms with van der Waals surface area (Å²) in [6.45, 7) is 11.7. The first-order chi connectivity index (χ1) is 7.94. The molecule has 0 aliphatic heterocycles. The Bertz CT molecular complexity index is 410. The Morgan fingerprint density at radius 3 is 2.53 bits per heavy atom. The molecule has 0 nitrogen and oxygen atoms in total. The van der Waals surface area contributed by atoms with Gasteiger partial charge in [0, 0.05) is 0 Å². The molecule has 0 spiro atoms. The van der Waals surface area contributed by atoms with Crippen LogP contribution in [0.25, 0.3) is 0 Å². The number of benzene rings is 1. The molecule has 0 saturated carbocycles. The second-order valence-electron chi connectivity index (χ2n) is 6.62. The molecule has 0 aromatic heterocycles. The Balaban J connectivity index is 2.47. The van der Waals surface area contributed by atoms with Crippen molar-refractivity contribution in [3.05, 3.63) is 34.4 Å². The molecule has 17 heavy (non-hydrogen) atoms. The molecule has 1 aromatic rings. The van der Waals surface area contributed by atoms with E-state index in [1.807, 2.05) is 0 Å². The highest BCUT2D eigenvalue weighted by molar-refractivity contribution is 5.46. The standard InChI is InChI=1S/C17H26/c1-6-14-10-13(9-12(2)3)11-16-15(14)7-8-17(16,4)5/h10-12H,6-9H2,1-5H3. The molecule has 0 fully saturated rings. The molecule has 0 saturated heterocycles. The predicted molar refractivity (Wildman–Crippen MR) is 75.7 cm³/mol. The van der Waals surface area contributed by atoms with Gasteiger partial charge in [-0.2, -0.15) is 0 Å². The van der Waals surface area contributed by atoms with Gasteiger partial charge in [-0.3, -0.25) is 0 Å². The SMILES string of the molecule is CCc1cc(CC(C)C)cc2c1CCC2(C)C. The molecule has 0 unspecified atom stereocenters. The van der Waals surface area contributed by atoms with Gasteiger partial charge in [0.05, 0.1) is 0 Å². The lowest BCUT2D eigenvalue weighted by Gasteiger charge is -2.21. The number of hydrogen-bond donors (Lipinski definition) is 0. The average Bonchev–Trinajstić information content (AvgIpc) is 2.53. The quantitative estimate of drug-likeness (QED) is 0.708. The van der Waals surface area contributed by atoms with Crippen LogP contribution in [-0.2, 0) is 24.7 Å². The molecule has 0 heteroatoms. The van der Waals surface area contributed by atoms with E-state index >= 15 is 0 Å². The van der Waals surface area contributed by atoms with Gasteiger partial charge in [0.15, 0.2) is 0 Å². The molecule has 1 aliphatic rings. The third-order valence-corrected chi connectivity index (χ3v) is 4.16. The molecule has 0 amide bonds. The van der Waals surface area contributed by atoms with Crippen LogP contribution in [-0.4, -0.2) is 0 Å². The highest BCUT2D eigenvalue weighted by Crippen LogP contribution is 2.40. The maximum absolute atomic E-state index is 2.49. The van der Waals surface area contributed by atoms with Gasteiger partial charge in [0.1, 0.15) is 0 Å². The molecule has 0 N–H and O–H groups in total. The van der Waals surface area contributed by atoms with Crippen molar-refractivity contribution in [2.24, 2.45) is 5.92 Å². The van der Waals surface area contributed by atoms with Crippen LogP contribution in [0.2, 0.25) is 0 Å². The van der Waals surface area contributed by atoms with E-state index in [2.05, 4.69) is 46.8 Å². The number of aryl methyl sites for hydroxylation is 1. The highest BCUT2D eigenvalue weighted by Gasteiger charge is 2.31. The van der Waals surface area contributed by atoms with Crippen LogP contribution in [0.15, 0.2) is 12.1 Å². The van der Waals surface area contributed by atoms with Gasteiger partial charge in [-0.15, -0.1) is 0 Å². The molecule has 2 rings (SSSR count). The van der Waals surface area contributed by atoms with Crippen LogP contribution >= 0.6 is 0 Å². The predicted octanol–water partition coefficient (Wildman–Crippen LogP) is 4.67. The Labute approximate surface area is 106 Å². The van der Waals surface area contributed by atoms with E-state index < -0.39 is 0 Å². The maximum Gasteiger partial charge on any atom is -0.00975 e. The first kappa shape index (κ1) is 12.7. The van der Waals surface area contributed by atoms with Crippen molar-refractivity contribution < 1.29 is 0 Å². The Morgan fingerprint density at radius 2 is 1.94 bits per heavy atom. The molecule has 0 heterocycles. The van der Waals surface area contributed by atoms with Crippen LogP contribution in [0.3, 0.4) is 0 Å². The van der Waals surface area contributed by atoms with E-state index in [9.17, 15) is 0 Å². The summed E-state index contributed by atoms with van der Waals surface area (Å²) in [7, 11) is 0. The van der Waals surface area contributed by atoms with Gasteiger partial charge in [0.2, 0.25) is 0 Å². The van der Waals surface area contributed by atoms with E-state index in [0.29, 0.717) is 5.41 Å². The Hall–Kier alpha value is -0.780. The van der Waals surface area contributed by atoms with Crippen molar-refractivity contribution in [3.63, 3.8) is 0 Å². The van der Waals surface area contributed by atoms with Crippen molar-refractivity contribution in [3.8, 4) is 0 Å². The minimum absolute atomic E-state index is 0.395. The smallest absolute Gasteiger partial charge is 0.00975 e. The first-order valence-corrected chi connectivity index (χ1v) is 7.09. The topological polar surface area (TPSA) is 0 Å². The van der Waals surface area contributed by atoms with E-state index in [1.54, 1.807) is 22.3 Å². The van der Waals surface area contributed by atoms with E-state index in [1.165, 1.54) is 25.7 Å². The fraction of sp³-hybridized carbons (Fsp3) is 0.647. The molecular weight excluding hydrogens is 204 g/mol. The lowest BCUT2D eigenvalue weighted by molar-refractivity contribution is 0.521. The molecule has 0 radical (unpaired) electrons. The Kier molecular flexibility index (Phi) is 3.34. The van der Waals surface area contributed by atoms with E-state index in [4.69, 9.17) is 0 Å². The van der Waals surface area contributed by atoms with Gasteiger partial charge in [0.25, 0.3) is 0 Å². The third-order valence-electron chi connectivity index (χ3n) is 4.16. The van der Waals surface area contributed by atoms with Gasteiger partial charge in [-0.1, -0.05) is 46.8 Å². The zero-order chi connectivity index (χ0) is 12.6. The molecule has 1 aromatic carbocycles. The van der Waals surface area contributed by atoms with Gasteiger partial charge in [-0.25, -0.2) is 0 Å². The number of hydrogen-bond acceptors (Lipinski definition) is 0. The fourth-order valence-electron chi connectivity index (χ4n) is 3.17. The minimum atomic E-state index is 0.395. The monoisotopic (exact) mass is 230 g/mol. The zero-order valence-corrected chi connectivity index (χ0v) is 12.1. The van der Waals surface area contributed by atoms with E-state index in [-0.39, 0.29) is 0 Å². The fourth-order valence-corrected chi connectivity index (χ4v) is 3.17. The summed E-state index contributed by atoms with van der Waals surface area (Å²) >= 11 is 0. The summed E-state index contributed by atoms with van der Waals surface area (Å²) in [5, 5.41) is 0. The number of rotatable bonds is 3. The Morgan fingerprint density at radius 1 is 1.24 bits per heavy atom. The highest BCUT2D eigenvalue weighted by atomic mass is 14.4. The first-order valence-electron chi connectivity index (χ1n) is 7.09. The van der Waals surface area contributed by atoms with Crippen molar-refractivity contribution >= 4 is 0 Å². The summed E-state index contributed by atoms with van der Waals surface area (Å²) in [5.74, 6) is 0.752. The van der Waals surface area contributed by atoms with Crippen LogP contribution in [0.4, 0.5) is 0 Å². The van der Waals surface area contributed by atoms with Crippen LogP contribution in [0.1, 0.15) is 63.3 Å². The molecular formula is C17H26. The zero-order valence-electron chi connectivity index (χ0n) is 12.1. The van der Waals surface area contributed by atoms with Crippen LogP contribution in [0.5, 0.6) is 0 Å². The lowest BCUT2D eigenvalue weighted by Crippen LogP contribution is -2.13. The maximum atomic E-state index is 2.49. The van der Waals surface area contributed by atoms with E-state index in [0.717, 1.165) is 5.92 Å². The van der Waals surface area contributed by atoms with Gasteiger partial charge < -0.3 is 0 Å². The van der Waals surface area contributed by atoms with Crippen LogP contribution in [0, 0.1) is 5.92 Å². The van der Waals surface area contributed by atoms with Crippen molar-refractivity contribution in [2.45, 2.75) is 65.7 Å². The second-order valence-corrected chi connectivity index (χ2v) is 6.62. The van der Waals surface area contributed by atoms with Gasteiger partial charge >= 0.3 is 0 Å². The number of fused-ring (bicyclic) bond motifs is 1. The summed E-state index contributed by atoms with van der Waals surface area (Å²) in [4.78, 5) is 0. The largest absolute Gasteiger partial charge is 0.0625 e. The molecule has 1 aliphatic carbocycles. The summed E-state index contributed by atoms with van der Waals surface area (Å²) < 4.78 is 0. The molecule has 0 atom stereocenters. The summed E-state index contributed by atoms with van der Waals surface area (Å²) in [6, 6.07) is 4.95. The molecule has 94 valence electrons. The van der Waals surface area contributed by atoms with Crippen LogP contribution < -0.4 is 0 Å². The van der Waals surface area contributed by atoms with Crippen molar-refractivity contribution in [2.75, 3.05) is 0 Å². The average molecular weight is 230 g/mol. The second kappa shape index (κ2) is 4.48. The summed E-state index contributed by atoms with van der Waals surface area (Å²) in [6.07, 6.45) is 5.01. The lowest BCUT2D eigenvalue weighted by atomic mass is 9.84. The van der Waals surface area contributed by atoms with Crippen molar-refractivity contribution in [1.29, 1.82) is 0 Å². The molecule has 0 bridgehead atoms. The van der Waals surface area contributed by atoms with Crippen molar-refractivity contribution in [1.82, 2.24) is 0 Å². The normalized spacial score (nSPS) is 17.5.